The molecule has 2 heterocycles. The summed E-state index contributed by atoms with van der Waals surface area (Å²) in [6.07, 6.45) is -0.571. The summed E-state index contributed by atoms with van der Waals surface area (Å²) in [6, 6.07) is 8.38. The highest BCUT2D eigenvalue weighted by Crippen LogP contribution is 2.21. The van der Waals surface area contributed by atoms with Crippen molar-refractivity contribution in [1.29, 1.82) is 0 Å². The van der Waals surface area contributed by atoms with Crippen molar-refractivity contribution in [3.63, 3.8) is 0 Å². The minimum atomic E-state index is -0.635. The number of carbonyl (C=O) groups is 3. The molecular weight excluding hydrogens is 500 g/mol. The van der Waals surface area contributed by atoms with Crippen molar-refractivity contribution in [2.75, 3.05) is 0 Å². The second-order valence-electron chi connectivity index (χ2n) is 10.6. The number of nitrogens with zero attached hydrogens (tertiary/aromatic N) is 4. The number of hydrogen-bond donors (Lipinski definition) is 2. The lowest BCUT2D eigenvalue weighted by molar-refractivity contribution is 0.0462. The van der Waals surface area contributed by atoms with Crippen LogP contribution in [0.15, 0.2) is 30.3 Å². The number of hydrogen-bond acceptors (Lipinski definition) is 7. The zero-order valence-electron chi connectivity index (χ0n) is 24.1. The van der Waals surface area contributed by atoms with Crippen LogP contribution in [-0.2, 0) is 30.2 Å². The van der Waals surface area contributed by atoms with E-state index >= 15 is 0 Å². The van der Waals surface area contributed by atoms with Gasteiger partial charge < -0.3 is 29.2 Å². The van der Waals surface area contributed by atoms with Gasteiger partial charge in [-0.1, -0.05) is 30.3 Å². The number of rotatable bonds is 8. The summed E-state index contributed by atoms with van der Waals surface area (Å²) in [5.74, 6) is 0.0716. The summed E-state index contributed by atoms with van der Waals surface area (Å²) in [5, 5.41) is 5.67. The van der Waals surface area contributed by atoms with Crippen LogP contribution in [0.5, 0.6) is 0 Å². The number of alkyl carbamates (subject to hydrolysis) is 1. The lowest BCUT2D eigenvalue weighted by atomic mass is 10.2. The van der Waals surface area contributed by atoms with Crippen LogP contribution in [0, 0.1) is 13.8 Å². The molecule has 3 rings (SSSR count). The summed E-state index contributed by atoms with van der Waals surface area (Å²) in [4.78, 5) is 47.2. The van der Waals surface area contributed by atoms with E-state index in [0.29, 0.717) is 23.0 Å². The summed E-state index contributed by atoms with van der Waals surface area (Å²) in [7, 11) is 3.56. The third-order valence-corrected chi connectivity index (χ3v) is 6.31. The Bertz CT molecular complexity index is 1350. The van der Waals surface area contributed by atoms with E-state index in [4.69, 9.17) is 9.47 Å². The Labute approximate surface area is 228 Å². The fraction of sp³-hybridized carbons (Fsp3) is 0.464. The van der Waals surface area contributed by atoms with Gasteiger partial charge in [-0.25, -0.2) is 19.6 Å². The Kier molecular flexibility index (Phi) is 8.83. The molecule has 0 spiro atoms. The van der Waals surface area contributed by atoms with Crippen LogP contribution in [0.1, 0.15) is 96.3 Å². The molecule has 0 fully saturated rings. The predicted molar refractivity (Wildman–Crippen MR) is 145 cm³/mol. The lowest BCUT2D eigenvalue weighted by Crippen LogP contribution is -2.34. The number of carbonyl (C=O) groups excluding carboxylic acids is 3. The van der Waals surface area contributed by atoms with Gasteiger partial charge in [0.25, 0.3) is 5.91 Å². The van der Waals surface area contributed by atoms with E-state index in [9.17, 15) is 14.4 Å². The average Bonchev–Trinajstić information content (AvgIpc) is 3.32. The Balaban J connectivity index is 1.71. The van der Waals surface area contributed by atoms with E-state index in [1.54, 1.807) is 71.7 Å². The second-order valence-corrected chi connectivity index (χ2v) is 10.6. The first-order valence-corrected chi connectivity index (χ1v) is 12.8. The molecule has 11 nitrogen and oxygen atoms in total. The monoisotopic (exact) mass is 538 g/mol. The molecule has 2 N–H and O–H groups in total. The van der Waals surface area contributed by atoms with Crippen molar-refractivity contribution in [3.8, 4) is 0 Å². The first-order valence-electron chi connectivity index (χ1n) is 12.8. The number of ether oxygens (including phenoxy) is 2. The Morgan fingerprint density at radius 1 is 0.872 bits per heavy atom. The largest absolute Gasteiger partial charge is 0.456 e. The number of aromatic nitrogens is 4. The van der Waals surface area contributed by atoms with Gasteiger partial charge in [0.15, 0.2) is 5.69 Å². The highest BCUT2D eigenvalue weighted by atomic mass is 16.6. The minimum absolute atomic E-state index is 0.139. The minimum Gasteiger partial charge on any atom is -0.456 e. The van der Waals surface area contributed by atoms with Gasteiger partial charge in [0, 0.05) is 25.5 Å². The van der Waals surface area contributed by atoms with Crippen LogP contribution in [0.2, 0.25) is 0 Å². The van der Waals surface area contributed by atoms with E-state index in [2.05, 4.69) is 20.6 Å². The fourth-order valence-corrected chi connectivity index (χ4v) is 4.06. The maximum absolute atomic E-state index is 13.2. The number of esters is 1. The van der Waals surface area contributed by atoms with Gasteiger partial charge in [-0.05, 0) is 54.0 Å². The molecule has 0 aliphatic heterocycles. The smallest absolute Gasteiger partial charge is 0.408 e. The highest BCUT2D eigenvalue weighted by Gasteiger charge is 2.27. The van der Waals surface area contributed by atoms with Gasteiger partial charge in [0.05, 0.1) is 12.1 Å². The average molecular weight is 539 g/mol. The van der Waals surface area contributed by atoms with Crippen LogP contribution >= 0.6 is 0 Å². The van der Waals surface area contributed by atoms with Crippen LogP contribution in [0.25, 0.3) is 0 Å². The predicted octanol–water partition coefficient (Wildman–Crippen LogP) is 4.20. The molecule has 0 unspecified atom stereocenters. The SMILES string of the molecule is Cc1c(C(=O)N[C@@H](C)c2nc(C(=O)OCc3ccccc3)c(C)n2C)nc([C@H](C)NC(=O)OC(C)(C)C)n1C. The molecule has 210 valence electrons. The molecule has 3 aromatic rings. The van der Waals surface area contributed by atoms with Gasteiger partial charge in [-0.15, -0.1) is 0 Å². The van der Waals surface area contributed by atoms with Crippen molar-refractivity contribution >= 4 is 18.0 Å². The molecule has 0 saturated carbocycles. The third kappa shape index (κ3) is 7.04. The molecule has 11 heteroatoms. The first kappa shape index (κ1) is 29.4. The first-order chi connectivity index (χ1) is 18.2. The quantitative estimate of drug-likeness (QED) is 0.411. The topological polar surface area (TPSA) is 129 Å². The molecule has 39 heavy (non-hydrogen) atoms. The van der Waals surface area contributed by atoms with Gasteiger partial charge in [-0.3, -0.25) is 4.79 Å². The molecule has 0 aliphatic rings. The normalized spacial score (nSPS) is 12.9. The molecule has 1 aromatic carbocycles. The zero-order chi connectivity index (χ0) is 29.1. The van der Waals surface area contributed by atoms with Gasteiger partial charge >= 0.3 is 12.1 Å². The van der Waals surface area contributed by atoms with Gasteiger partial charge in [-0.2, -0.15) is 0 Å². The maximum Gasteiger partial charge on any atom is 0.408 e. The van der Waals surface area contributed by atoms with E-state index in [-0.39, 0.29) is 18.0 Å². The van der Waals surface area contributed by atoms with Crippen molar-refractivity contribution in [2.45, 2.75) is 72.8 Å². The Hall–Kier alpha value is -4.15. The van der Waals surface area contributed by atoms with Crippen molar-refractivity contribution in [2.24, 2.45) is 14.1 Å². The third-order valence-electron chi connectivity index (χ3n) is 6.31. The van der Waals surface area contributed by atoms with E-state index in [1.807, 2.05) is 30.3 Å². The van der Waals surface area contributed by atoms with Gasteiger partial charge in [0.1, 0.15) is 29.6 Å². The molecule has 0 aliphatic carbocycles. The van der Waals surface area contributed by atoms with Crippen LogP contribution < -0.4 is 10.6 Å². The molecule has 2 amide bonds. The molecule has 2 atom stereocenters. The Morgan fingerprint density at radius 3 is 1.95 bits per heavy atom. The standard InChI is InChI=1S/C28H38N6O5/c1-16(23-32-22(19(4)34(23)9)26(36)38-15-20-13-11-10-12-14-20)29-25(35)21-18(3)33(8)24(31-21)17(2)30-27(37)39-28(5,6)7/h10-14,16-17H,15H2,1-9H3,(H,29,35)(H,30,37)/t16-,17-/m0/s1. The maximum atomic E-state index is 13.2. The molecule has 0 saturated heterocycles. The number of imidazole rings is 2. The molecular formula is C28H38N6O5. The van der Waals surface area contributed by atoms with Crippen molar-refractivity contribution < 1.29 is 23.9 Å². The van der Waals surface area contributed by atoms with E-state index in [0.717, 1.165) is 5.56 Å². The fourth-order valence-electron chi connectivity index (χ4n) is 4.06. The highest BCUT2D eigenvalue weighted by molar-refractivity contribution is 5.94. The summed E-state index contributed by atoms with van der Waals surface area (Å²) in [6.45, 7) is 12.6. The van der Waals surface area contributed by atoms with E-state index in [1.165, 1.54) is 0 Å². The van der Waals surface area contributed by atoms with Crippen LogP contribution in [0.3, 0.4) is 0 Å². The second kappa shape index (κ2) is 11.7. The molecule has 0 radical (unpaired) electrons. The summed E-state index contributed by atoms with van der Waals surface area (Å²) in [5.41, 5.74) is 1.93. The van der Waals surface area contributed by atoms with Crippen LogP contribution in [0.4, 0.5) is 4.79 Å². The molecule has 0 bridgehead atoms. The number of nitrogens with one attached hydrogen (secondary N) is 2. The summed E-state index contributed by atoms with van der Waals surface area (Å²) < 4.78 is 14.3. The van der Waals surface area contributed by atoms with Crippen molar-refractivity contribution in [1.82, 2.24) is 29.7 Å². The van der Waals surface area contributed by atoms with Crippen LogP contribution in [-0.4, -0.2) is 42.7 Å². The summed E-state index contributed by atoms with van der Waals surface area (Å²) >= 11 is 0. The molecule has 2 aromatic heterocycles. The van der Waals surface area contributed by atoms with E-state index < -0.39 is 35.7 Å². The Morgan fingerprint density at radius 2 is 1.38 bits per heavy atom. The number of amides is 2. The van der Waals surface area contributed by atoms with Gasteiger partial charge in [0.2, 0.25) is 0 Å². The number of benzene rings is 1. The van der Waals surface area contributed by atoms with Crippen molar-refractivity contribution in [3.05, 3.63) is 70.3 Å². The zero-order valence-corrected chi connectivity index (χ0v) is 24.1. The lowest BCUT2D eigenvalue weighted by Gasteiger charge is -2.21.